The number of nitrogens with one attached hydrogen (secondary N) is 1. The average Bonchev–Trinajstić information content (AvgIpc) is 3.03. The maximum absolute atomic E-state index is 12.8. The summed E-state index contributed by atoms with van der Waals surface area (Å²) >= 11 is 0. The van der Waals surface area contributed by atoms with Crippen molar-refractivity contribution in [3.8, 4) is 0 Å². The zero-order valence-electron chi connectivity index (χ0n) is 12.3. The topological polar surface area (TPSA) is 88.1 Å². The van der Waals surface area contributed by atoms with Crippen molar-refractivity contribution in [2.24, 2.45) is 10.5 Å². The summed E-state index contributed by atoms with van der Waals surface area (Å²) in [6.07, 6.45) is -0.0966. The highest BCUT2D eigenvalue weighted by molar-refractivity contribution is 6.47. The molecule has 1 aromatic carbocycles. The molecule has 0 aliphatic carbocycles. The molecule has 0 radical (unpaired) electrons. The zero-order chi connectivity index (χ0) is 15.9. The predicted octanol–water partition coefficient (Wildman–Crippen LogP) is 0.377. The van der Waals surface area contributed by atoms with Crippen LogP contribution in [0.1, 0.15) is 12.0 Å². The summed E-state index contributed by atoms with van der Waals surface area (Å²) in [4.78, 5) is 38.1. The number of ether oxygens (including phenoxy) is 1. The molecule has 1 aromatic rings. The minimum atomic E-state index is -1.27. The molecule has 1 atom stereocenters. The highest BCUT2D eigenvalue weighted by atomic mass is 16.5. The first kappa shape index (κ1) is 14.2. The molecule has 0 saturated carbocycles. The number of anilines is 1. The van der Waals surface area contributed by atoms with Gasteiger partial charge in [0.05, 0.1) is 19.3 Å². The Morgan fingerprint density at radius 2 is 2.00 bits per heavy atom. The Morgan fingerprint density at radius 3 is 2.64 bits per heavy atom. The molecule has 114 valence electrons. The van der Waals surface area contributed by atoms with Crippen molar-refractivity contribution in [1.82, 2.24) is 5.43 Å². The van der Waals surface area contributed by atoms with E-state index in [1.807, 2.05) is 19.1 Å². The average molecular weight is 301 g/mol. The molecule has 1 fully saturated rings. The maximum Gasteiger partial charge on any atom is 0.355 e. The molecular weight excluding hydrogens is 286 g/mol. The first-order valence-corrected chi connectivity index (χ1v) is 6.83. The fourth-order valence-corrected chi connectivity index (χ4v) is 2.80. The second-order valence-corrected chi connectivity index (χ2v) is 5.42. The number of hydrazone groups is 1. The monoisotopic (exact) mass is 301 g/mol. The van der Waals surface area contributed by atoms with Crippen LogP contribution >= 0.6 is 0 Å². The molecule has 22 heavy (non-hydrogen) atoms. The van der Waals surface area contributed by atoms with E-state index in [9.17, 15) is 14.4 Å². The highest BCUT2D eigenvalue weighted by Gasteiger charge is 2.59. The molecular formula is C15H15N3O4. The van der Waals surface area contributed by atoms with Crippen LogP contribution in [0.5, 0.6) is 0 Å². The molecule has 7 heteroatoms. The van der Waals surface area contributed by atoms with Gasteiger partial charge >= 0.3 is 5.97 Å². The number of carbonyl (C=O) groups is 3. The number of esters is 1. The van der Waals surface area contributed by atoms with E-state index >= 15 is 0 Å². The summed E-state index contributed by atoms with van der Waals surface area (Å²) in [6.45, 7) is 2.03. The maximum atomic E-state index is 12.8. The Kier molecular flexibility index (Phi) is 3.20. The lowest BCUT2D eigenvalue weighted by molar-refractivity contribution is -0.134. The van der Waals surface area contributed by atoms with Gasteiger partial charge in [-0.3, -0.25) is 9.59 Å². The highest BCUT2D eigenvalue weighted by Crippen LogP contribution is 2.39. The third-order valence-electron chi connectivity index (χ3n) is 4.01. The molecule has 1 N–H and O–H groups in total. The van der Waals surface area contributed by atoms with E-state index in [0.29, 0.717) is 5.69 Å². The van der Waals surface area contributed by atoms with Crippen LogP contribution in [0.15, 0.2) is 29.4 Å². The number of imide groups is 1. The lowest BCUT2D eigenvalue weighted by Crippen LogP contribution is -2.45. The molecule has 2 aliphatic heterocycles. The molecule has 7 nitrogen and oxygen atoms in total. The van der Waals surface area contributed by atoms with Crippen molar-refractivity contribution >= 4 is 29.2 Å². The number of hydrogen-bond donors (Lipinski definition) is 1. The third-order valence-corrected chi connectivity index (χ3v) is 4.01. The van der Waals surface area contributed by atoms with E-state index in [2.05, 4.69) is 15.3 Å². The van der Waals surface area contributed by atoms with Crippen LogP contribution in [0.4, 0.5) is 5.69 Å². The van der Waals surface area contributed by atoms with Gasteiger partial charge in [-0.05, 0) is 19.1 Å². The standard InChI is InChI=1S/C15H15N3O4/c1-9-3-5-10(6-4-9)18-11(19)7-15(14(18)21)8-16-17-12(15)13(20)22-2/h3-6,16H,7-8H2,1-2H3. The van der Waals surface area contributed by atoms with Crippen LogP contribution in [0.25, 0.3) is 0 Å². The Morgan fingerprint density at radius 1 is 1.32 bits per heavy atom. The van der Waals surface area contributed by atoms with Crippen molar-refractivity contribution in [2.45, 2.75) is 13.3 Å². The number of rotatable bonds is 2. The van der Waals surface area contributed by atoms with Crippen LogP contribution in [0.3, 0.4) is 0 Å². The lowest BCUT2D eigenvalue weighted by Gasteiger charge is -2.21. The molecule has 1 unspecified atom stereocenters. The molecule has 2 heterocycles. The summed E-state index contributed by atoms with van der Waals surface area (Å²) in [6, 6.07) is 7.06. The fourth-order valence-electron chi connectivity index (χ4n) is 2.80. The minimum absolute atomic E-state index is 0.0389. The Balaban J connectivity index is 2.00. The summed E-state index contributed by atoms with van der Waals surface area (Å²) in [5.41, 5.74) is 2.85. The predicted molar refractivity (Wildman–Crippen MR) is 78.2 cm³/mol. The first-order chi connectivity index (χ1) is 10.5. The normalized spacial score (nSPS) is 23.7. The van der Waals surface area contributed by atoms with Crippen LogP contribution in [0, 0.1) is 12.3 Å². The Hall–Kier alpha value is -2.70. The van der Waals surface area contributed by atoms with E-state index in [0.717, 1.165) is 10.5 Å². The molecule has 1 spiro atoms. The van der Waals surface area contributed by atoms with E-state index in [1.54, 1.807) is 12.1 Å². The van der Waals surface area contributed by atoms with Crippen molar-refractivity contribution in [1.29, 1.82) is 0 Å². The Bertz CT molecular complexity index is 695. The molecule has 0 aromatic heterocycles. The van der Waals surface area contributed by atoms with Crippen molar-refractivity contribution < 1.29 is 19.1 Å². The van der Waals surface area contributed by atoms with Gasteiger partial charge in [-0.2, -0.15) is 5.10 Å². The van der Waals surface area contributed by atoms with Gasteiger partial charge in [0.1, 0.15) is 5.41 Å². The lowest BCUT2D eigenvalue weighted by atomic mass is 9.81. The van der Waals surface area contributed by atoms with Gasteiger partial charge in [-0.1, -0.05) is 17.7 Å². The van der Waals surface area contributed by atoms with E-state index in [1.165, 1.54) is 7.11 Å². The minimum Gasteiger partial charge on any atom is -0.464 e. The number of nitrogens with zero attached hydrogens (tertiary/aromatic N) is 2. The number of carbonyl (C=O) groups excluding carboxylic acids is 3. The van der Waals surface area contributed by atoms with Crippen molar-refractivity contribution in [3.05, 3.63) is 29.8 Å². The van der Waals surface area contributed by atoms with E-state index in [4.69, 9.17) is 0 Å². The van der Waals surface area contributed by atoms with Gasteiger partial charge in [0.25, 0.3) is 0 Å². The number of amides is 2. The summed E-state index contributed by atoms with van der Waals surface area (Å²) in [7, 11) is 1.22. The van der Waals surface area contributed by atoms with Gasteiger partial charge in [-0.25, -0.2) is 9.69 Å². The van der Waals surface area contributed by atoms with Crippen LogP contribution < -0.4 is 10.3 Å². The Labute approximate surface area is 126 Å². The first-order valence-electron chi connectivity index (χ1n) is 6.83. The smallest absolute Gasteiger partial charge is 0.355 e. The molecule has 3 rings (SSSR count). The third kappa shape index (κ3) is 1.89. The fraction of sp³-hybridized carbons (Fsp3) is 0.333. The van der Waals surface area contributed by atoms with Crippen LogP contribution in [0.2, 0.25) is 0 Å². The summed E-state index contributed by atoms with van der Waals surface area (Å²) in [5, 5.41) is 3.86. The van der Waals surface area contributed by atoms with Gasteiger partial charge in [0.15, 0.2) is 5.71 Å². The van der Waals surface area contributed by atoms with Gasteiger partial charge in [-0.15, -0.1) is 0 Å². The van der Waals surface area contributed by atoms with Gasteiger partial charge in [0, 0.05) is 6.42 Å². The molecule has 1 saturated heterocycles. The number of hydrogen-bond acceptors (Lipinski definition) is 6. The SMILES string of the molecule is COC(=O)C1=NNCC12CC(=O)N(c1ccc(C)cc1)C2=O. The molecule has 0 bridgehead atoms. The molecule has 2 aliphatic rings. The number of benzene rings is 1. The second-order valence-electron chi connectivity index (χ2n) is 5.42. The quantitative estimate of drug-likeness (QED) is 0.630. The van der Waals surface area contributed by atoms with Crippen molar-refractivity contribution in [3.63, 3.8) is 0 Å². The van der Waals surface area contributed by atoms with Gasteiger partial charge < -0.3 is 10.2 Å². The van der Waals surface area contributed by atoms with E-state index < -0.39 is 17.3 Å². The van der Waals surface area contributed by atoms with Gasteiger partial charge in [0.2, 0.25) is 11.8 Å². The van der Waals surface area contributed by atoms with Crippen molar-refractivity contribution in [2.75, 3.05) is 18.6 Å². The number of aryl methyl sites for hydroxylation is 1. The number of methoxy groups -OCH3 is 1. The van der Waals surface area contributed by atoms with Crippen LogP contribution in [-0.4, -0.2) is 37.1 Å². The van der Waals surface area contributed by atoms with Crippen LogP contribution in [-0.2, 0) is 19.1 Å². The zero-order valence-corrected chi connectivity index (χ0v) is 12.3. The summed E-state index contributed by atoms with van der Waals surface area (Å²) < 4.78 is 4.67. The largest absolute Gasteiger partial charge is 0.464 e. The summed E-state index contributed by atoms with van der Waals surface area (Å²) in [5.74, 6) is -1.50. The second kappa shape index (κ2) is 4.94. The van der Waals surface area contributed by atoms with E-state index in [-0.39, 0.29) is 24.6 Å². The molecule has 2 amide bonds.